The molecule has 2 aliphatic rings. The molecule has 1 saturated heterocycles. The highest BCUT2D eigenvalue weighted by Crippen LogP contribution is 2.34. The van der Waals surface area contributed by atoms with E-state index in [0.717, 1.165) is 68.8 Å². The third-order valence-electron chi connectivity index (χ3n) is 6.23. The quantitative estimate of drug-likeness (QED) is 0.414. The molecule has 15 heteroatoms. The molecule has 0 bridgehead atoms. The predicted molar refractivity (Wildman–Crippen MR) is 141 cm³/mol. The summed E-state index contributed by atoms with van der Waals surface area (Å²) in [6.07, 6.45) is -1.09. The van der Waals surface area contributed by atoms with Crippen molar-refractivity contribution in [1.82, 2.24) is 35.8 Å². The third kappa shape index (κ3) is 8.03. The molecule has 2 atom stereocenters. The van der Waals surface area contributed by atoms with Gasteiger partial charge in [0.25, 0.3) is 11.8 Å². The van der Waals surface area contributed by atoms with Crippen molar-refractivity contribution in [2.75, 3.05) is 32.7 Å². The number of aliphatic imine (C=N–C) groups is 1. The van der Waals surface area contributed by atoms with Crippen molar-refractivity contribution in [2.24, 2.45) is 4.99 Å². The van der Waals surface area contributed by atoms with Crippen molar-refractivity contribution in [3.05, 3.63) is 50.5 Å². The fourth-order valence-electron chi connectivity index (χ4n) is 4.14. The SMILES string of the molecule is CC(NC(=O)c1cc(CCCN2CCNCC2)ncn1)c1ncc(C(=O)NC2CC(C(F)(F)F)=C(Cl)C=N2)s1. The zero-order valence-electron chi connectivity index (χ0n) is 21.1. The van der Waals surface area contributed by atoms with Crippen LogP contribution in [-0.2, 0) is 6.42 Å². The second-order valence-electron chi connectivity index (χ2n) is 9.14. The smallest absolute Gasteiger partial charge is 0.342 e. The molecule has 2 aliphatic heterocycles. The molecular weight excluding hydrogens is 557 g/mol. The second kappa shape index (κ2) is 12.9. The number of carbonyl (C=O) groups excluding carboxylic acids is 2. The zero-order chi connectivity index (χ0) is 28.0. The van der Waals surface area contributed by atoms with E-state index in [9.17, 15) is 22.8 Å². The van der Waals surface area contributed by atoms with Crippen LogP contribution in [0.15, 0.2) is 34.2 Å². The summed E-state index contributed by atoms with van der Waals surface area (Å²) in [6, 6.07) is 1.13. The summed E-state index contributed by atoms with van der Waals surface area (Å²) >= 11 is 6.63. The number of nitrogens with one attached hydrogen (secondary N) is 3. The van der Waals surface area contributed by atoms with Gasteiger partial charge in [0.05, 0.1) is 22.8 Å². The Morgan fingerprint density at radius 1 is 1.23 bits per heavy atom. The molecule has 210 valence electrons. The lowest BCUT2D eigenvalue weighted by Gasteiger charge is -2.26. The fraction of sp³-hybridized carbons (Fsp3) is 0.500. The van der Waals surface area contributed by atoms with E-state index in [1.54, 1.807) is 13.0 Å². The first-order valence-electron chi connectivity index (χ1n) is 12.4. The van der Waals surface area contributed by atoms with Crippen LogP contribution < -0.4 is 16.0 Å². The van der Waals surface area contributed by atoms with Crippen LogP contribution in [0, 0.1) is 0 Å². The highest BCUT2D eigenvalue weighted by atomic mass is 35.5. The summed E-state index contributed by atoms with van der Waals surface area (Å²) in [7, 11) is 0. The molecular formula is C24H28ClF3N8O2S. The van der Waals surface area contributed by atoms with E-state index in [1.807, 2.05) is 0 Å². The van der Waals surface area contributed by atoms with Crippen LogP contribution in [0.4, 0.5) is 13.2 Å². The molecule has 10 nitrogen and oxygen atoms in total. The van der Waals surface area contributed by atoms with Crippen molar-refractivity contribution in [2.45, 2.75) is 44.6 Å². The number of rotatable bonds is 9. The van der Waals surface area contributed by atoms with E-state index < -0.39 is 47.2 Å². The van der Waals surface area contributed by atoms with Crippen LogP contribution in [0.5, 0.6) is 0 Å². The number of hydrogen-bond donors (Lipinski definition) is 3. The average Bonchev–Trinajstić information content (AvgIpc) is 3.41. The van der Waals surface area contributed by atoms with Gasteiger partial charge < -0.3 is 20.9 Å². The Kier molecular flexibility index (Phi) is 9.64. The Morgan fingerprint density at radius 2 is 2.00 bits per heavy atom. The standard InChI is InChI=1S/C24H28ClF3N8O2S/c1-14(34-21(37)18-9-15(32-13-33-18)3-2-6-36-7-4-29-5-8-36)23-31-12-19(39-23)22(38)35-20-10-16(24(26,27)28)17(25)11-30-20/h9,11-14,20,29H,2-8,10H2,1H3,(H,34,37)(H,35,38). The number of dihydropyridines is 1. The molecule has 0 radical (unpaired) electrons. The number of halogens is 4. The van der Waals surface area contributed by atoms with Crippen LogP contribution in [0.3, 0.4) is 0 Å². The van der Waals surface area contributed by atoms with Crippen LogP contribution in [0.2, 0.25) is 0 Å². The van der Waals surface area contributed by atoms with Gasteiger partial charge in [0, 0.05) is 44.5 Å². The average molecular weight is 585 g/mol. The number of amides is 2. The normalized spacial score (nSPS) is 19.2. The first-order chi connectivity index (χ1) is 18.6. The predicted octanol–water partition coefficient (Wildman–Crippen LogP) is 2.85. The van der Waals surface area contributed by atoms with Crippen molar-refractivity contribution in [3.8, 4) is 0 Å². The molecule has 39 heavy (non-hydrogen) atoms. The molecule has 2 aromatic rings. The van der Waals surface area contributed by atoms with Crippen molar-refractivity contribution < 1.29 is 22.8 Å². The number of thiazole rings is 1. The first kappa shape index (κ1) is 29.1. The van der Waals surface area contributed by atoms with E-state index in [4.69, 9.17) is 11.6 Å². The molecule has 2 amide bonds. The number of allylic oxidation sites excluding steroid dienone is 1. The number of piperazine rings is 1. The highest BCUT2D eigenvalue weighted by molar-refractivity contribution is 7.13. The minimum atomic E-state index is -4.62. The van der Waals surface area contributed by atoms with Gasteiger partial charge in [-0.3, -0.25) is 14.6 Å². The van der Waals surface area contributed by atoms with Gasteiger partial charge >= 0.3 is 6.18 Å². The monoisotopic (exact) mass is 584 g/mol. The van der Waals surface area contributed by atoms with Gasteiger partial charge in [-0.05, 0) is 32.4 Å². The molecule has 0 aromatic carbocycles. The maximum absolute atomic E-state index is 13.1. The fourth-order valence-corrected chi connectivity index (χ4v) is 5.20. The van der Waals surface area contributed by atoms with E-state index in [-0.39, 0.29) is 10.6 Å². The molecule has 1 fully saturated rings. The molecule has 4 heterocycles. The minimum absolute atomic E-state index is 0.171. The van der Waals surface area contributed by atoms with Gasteiger partial charge in [-0.15, -0.1) is 11.3 Å². The van der Waals surface area contributed by atoms with Crippen LogP contribution in [0.1, 0.15) is 56.7 Å². The molecule has 3 N–H and O–H groups in total. The van der Waals surface area contributed by atoms with E-state index in [2.05, 4.69) is 40.8 Å². The summed E-state index contributed by atoms with van der Waals surface area (Å²) in [5.41, 5.74) is 0.0606. The summed E-state index contributed by atoms with van der Waals surface area (Å²) < 4.78 is 39.4. The summed E-state index contributed by atoms with van der Waals surface area (Å²) in [4.78, 5) is 44.4. The van der Waals surface area contributed by atoms with Crippen molar-refractivity contribution in [3.63, 3.8) is 0 Å². The highest BCUT2D eigenvalue weighted by Gasteiger charge is 2.39. The lowest BCUT2D eigenvalue weighted by molar-refractivity contribution is -0.0950. The van der Waals surface area contributed by atoms with Gasteiger partial charge in [-0.2, -0.15) is 13.2 Å². The molecule has 4 rings (SSSR count). The number of aromatic nitrogens is 3. The lowest BCUT2D eigenvalue weighted by Crippen LogP contribution is -2.43. The number of hydrogen-bond acceptors (Lipinski definition) is 9. The summed E-state index contributed by atoms with van der Waals surface area (Å²) in [5.74, 6) is -1.03. The molecule has 0 spiro atoms. The van der Waals surface area contributed by atoms with Crippen LogP contribution in [0.25, 0.3) is 0 Å². The van der Waals surface area contributed by atoms with Crippen LogP contribution in [-0.4, -0.2) is 82.9 Å². The maximum atomic E-state index is 13.1. The van der Waals surface area contributed by atoms with Gasteiger partial charge in [0.1, 0.15) is 28.1 Å². The number of alkyl halides is 3. The Labute approximate surface area is 232 Å². The van der Waals surface area contributed by atoms with E-state index >= 15 is 0 Å². The topological polar surface area (TPSA) is 125 Å². The minimum Gasteiger partial charge on any atom is -0.342 e. The van der Waals surface area contributed by atoms with E-state index in [1.165, 1.54) is 12.5 Å². The molecule has 2 aromatic heterocycles. The number of nitrogens with zero attached hydrogens (tertiary/aromatic N) is 5. The number of carbonyl (C=O) groups is 2. The zero-order valence-corrected chi connectivity index (χ0v) is 22.7. The second-order valence-corrected chi connectivity index (χ2v) is 10.6. The maximum Gasteiger partial charge on any atom is 0.414 e. The molecule has 0 saturated carbocycles. The summed E-state index contributed by atoms with van der Waals surface area (Å²) in [5, 5.41) is 8.54. The molecule has 0 aliphatic carbocycles. The van der Waals surface area contributed by atoms with Gasteiger partial charge in [-0.25, -0.2) is 15.0 Å². The van der Waals surface area contributed by atoms with Crippen molar-refractivity contribution in [1.29, 1.82) is 0 Å². The third-order valence-corrected chi connectivity index (χ3v) is 7.74. The Morgan fingerprint density at radius 3 is 2.74 bits per heavy atom. The Bertz CT molecular complexity index is 1250. The Balaban J connectivity index is 1.28. The van der Waals surface area contributed by atoms with Gasteiger partial charge in [-0.1, -0.05) is 11.6 Å². The van der Waals surface area contributed by atoms with Crippen molar-refractivity contribution >= 4 is 41.0 Å². The summed E-state index contributed by atoms with van der Waals surface area (Å²) in [6.45, 7) is 6.70. The lowest BCUT2D eigenvalue weighted by atomic mass is 10.1. The number of aryl methyl sites for hydroxylation is 1. The Hall–Kier alpha value is -2.94. The molecule has 2 unspecified atom stereocenters. The van der Waals surface area contributed by atoms with Gasteiger partial charge in [0.2, 0.25) is 0 Å². The van der Waals surface area contributed by atoms with Crippen LogP contribution >= 0.6 is 22.9 Å². The first-order valence-corrected chi connectivity index (χ1v) is 13.6. The van der Waals surface area contributed by atoms with E-state index in [0.29, 0.717) is 5.01 Å². The van der Waals surface area contributed by atoms with Gasteiger partial charge in [0.15, 0.2) is 0 Å². The largest absolute Gasteiger partial charge is 0.414 e.